The Balaban J connectivity index is 1.56. The van der Waals surface area contributed by atoms with Gasteiger partial charge < -0.3 is 9.84 Å². The van der Waals surface area contributed by atoms with Crippen LogP contribution in [0.25, 0.3) is 0 Å². The summed E-state index contributed by atoms with van der Waals surface area (Å²) >= 11 is 0. The minimum absolute atomic E-state index is 0.132. The largest absolute Gasteiger partial charge is 0.490 e. The van der Waals surface area contributed by atoms with Crippen molar-refractivity contribution in [2.75, 3.05) is 0 Å². The quantitative estimate of drug-likeness (QED) is 0.875. The molecule has 0 radical (unpaired) electrons. The number of hydrogen-bond donors (Lipinski definition) is 1. The summed E-state index contributed by atoms with van der Waals surface area (Å²) in [5, 5.41) is 10.6. The molecular formula is C19H24O2. The Kier molecular flexibility index (Phi) is 4.16. The van der Waals surface area contributed by atoms with E-state index in [2.05, 4.69) is 12.2 Å². The molecule has 1 fully saturated rings. The Morgan fingerprint density at radius 2 is 2.05 bits per heavy atom. The summed E-state index contributed by atoms with van der Waals surface area (Å²) in [5.74, 6) is 1.08. The predicted octanol–water partition coefficient (Wildman–Crippen LogP) is 4.26. The Labute approximate surface area is 127 Å². The summed E-state index contributed by atoms with van der Waals surface area (Å²) in [7, 11) is 0. The van der Waals surface area contributed by atoms with Crippen LogP contribution in [0.1, 0.15) is 39.0 Å². The van der Waals surface area contributed by atoms with Crippen LogP contribution >= 0.6 is 0 Å². The molecule has 0 amide bonds. The van der Waals surface area contributed by atoms with Crippen LogP contribution < -0.4 is 4.74 Å². The van der Waals surface area contributed by atoms with Crippen molar-refractivity contribution in [3.63, 3.8) is 0 Å². The zero-order valence-electron chi connectivity index (χ0n) is 12.7. The van der Waals surface area contributed by atoms with E-state index in [1.165, 1.54) is 24.8 Å². The first-order valence-electron chi connectivity index (χ1n) is 7.97. The molecule has 2 aliphatic carbocycles. The molecule has 0 heterocycles. The van der Waals surface area contributed by atoms with Crippen LogP contribution in [0.3, 0.4) is 0 Å². The van der Waals surface area contributed by atoms with Crippen LogP contribution in [0.4, 0.5) is 0 Å². The zero-order valence-corrected chi connectivity index (χ0v) is 12.7. The van der Waals surface area contributed by atoms with E-state index in [0.717, 1.165) is 18.6 Å². The van der Waals surface area contributed by atoms with Gasteiger partial charge in [0.15, 0.2) is 0 Å². The topological polar surface area (TPSA) is 29.5 Å². The second-order valence-electron chi connectivity index (χ2n) is 6.40. The predicted molar refractivity (Wildman–Crippen MR) is 85.3 cm³/mol. The van der Waals surface area contributed by atoms with E-state index in [0.29, 0.717) is 0 Å². The molecule has 0 aliphatic heterocycles. The number of hydrogen-bond acceptors (Lipinski definition) is 2. The zero-order chi connectivity index (χ0) is 14.7. The van der Waals surface area contributed by atoms with Gasteiger partial charge in [-0.05, 0) is 51.2 Å². The number of allylic oxidation sites excluding steroid dienone is 3. The van der Waals surface area contributed by atoms with E-state index in [9.17, 15) is 5.11 Å². The number of aliphatic hydroxyl groups is 1. The molecule has 3 atom stereocenters. The van der Waals surface area contributed by atoms with Crippen molar-refractivity contribution in [2.24, 2.45) is 5.92 Å². The first-order valence-corrected chi connectivity index (χ1v) is 7.97. The summed E-state index contributed by atoms with van der Waals surface area (Å²) in [4.78, 5) is 0. The van der Waals surface area contributed by atoms with E-state index >= 15 is 0 Å². The van der Waals surface area contributed by atoms with Gasteiger partial charge in [-0.3, -0.25) is 0 Å². The van der Waals surface area contributed by atoms with Crippen molar-refractivity contribution in [3.05, 3.63) is 54.1 Å². The summed E-state index contributed by atoms with van der Waals surface area (Å²) in [6.45, 7) is 1.89. The van der Waals surface area contributed by atoms with E-state index < -0.39 is 5.60 Å². The fraction of sp³-hybridized carbons (Fsp3) is 0.474. The standard InChI is InChI=1S/C19H24O2/c1-19(20,13-12-15-8-4-2-5-9-15)17-14-18(17)21-16-10-6-3-7-11-16/h3,6-8,10-13,17-18,20H,2,4-5,9,14H2,1H3. The van der Waals surface area contributed by atoms with Gasteiger partial charge in [0.05, 0.1) is 5.60 Å². The minimum Gasteiger partial charge on any atom is -0.490 e. The average molecular weight is 284 g/mol. The Bertz CT molecular complexity index is 528. The van der Waals surface area contributed by atoms with Crippen LogP contribution in [0.15, 0.2) is 54.1 Å². The van der Waals surface area contributed by atoms with Gasteiger partial charge in [0, 0.05) is 5.92 Å². The van der Waals surface area contributed by atoms with Crippen LogP contribution in [-0.4, -0.2) is 16.8 Å². The van der Waals surface area contributed by atoms with E-state index in [1.807, 2.05) is 43.3 Å². The Hall–Kier alpha value is -1.54. The van der Waals surface area contributed by atoms with Gasteiger partial charge in [-0.1, -0.05) is 42.0 Å². The molecule has 0 saturated heterocycles. The SMILES string of the molecule is CC(O)(C=CC1=CCCCC1)C1CC1Oc1ccccc1. The van der Waals surface area contributed by atoms with Gasteiger partial charge in [-0.2, -0.15) is 0 Å². The number of para-hydroxylation sites is 1. The maximum Gasteiger partial charge on any atom is 0.119 e. The van der Waals surface area contributed by atoms with Crippen molar-refractivity contribution >= 4 is 0 Å². The molecule has 2 aliphatic rings. The van der Waals surface area contributed by atoms with Gasteiger partial charge in [-0.15, -0.1) is 0 Å². The smallest absolute Gasteiger partial charge is 0.119 e. The maximum atomic E-state index is 10.6. The third-order valence-corrected chi connectivity index (χ3v) is 4.47. The fourth-order valence-electron chi connectivity index (χ4n) is 3.00. The molecule has 112 valence electrons. The van der Waals surface area contributed by atoms with Crippen molar-refractivity contribution in [1.82, 2.24) is 0 Å². The molecule has 3 rings (SSSR count). The van der Waals surface area contributed by atoms with Gasteiger partial charge in [-0.25, -0.2) is 0 Å². The van der Waals surface area contributed by atoms with Gasteiger partial charge >= 0.3 is 0 Å². The average Bonchev–Trinajstić information content (AvgIpc) is 3.28. The van der Waals surface area contributed by atoms with Gasteiger partial charge in [0.25, 0.3) is 0 Å². The van der Waals surface area contributed by atoms with E-state index in [-0.39, 0.29) is 12.0 Å². The lowest BCUT2D eigenvalue weighted by Gasteiger charge is -2.20. The normalized spacial score (nSPS) is 28.0. The molecule has 2 heteroatoms. The van der Waals surface area contributed by atoms with Gasteiger partial charge in [0.2, 0.25) is 0 Å². The van der Waals surface area contributed by atoms with E-state index in [4.69, 9.17) is 4.74 Å². The van der Waals surface area contributed by atoms with Crippen molar-refractivity contribution < 1.29 is 9.84 Å². The van der Waals surface area contributed by atoms with Crippen LogP contribution in [-0.2, 0) is 0 Å². The first kappa shape index (κ1) is 14.4. The molecule has 0 bridgehead atoms. The fourth-order valence-corrected chi connectivity index (χ4v) is 3.00. The molecule has 1 aromatic rings. The highest BCUT2D eigenvalue weighted by atomic mass is 16.5. The maximum absolute atomic E-state index is 10.6. The summed E-state index contributed by atoms with van der Waals surface area (Å²) < 4.78 is 5.91. The van der Waals surface area contributed by atoms with Crippen LogP contribution in [0, 0.1) is 5.92 Å². The molecule has 0 aromatic heterocycles. The molecule has 0 spiro atoms. The van der Waals surface area contributed by atoms with Crippen LogP contribution in [0.2, 0.25) is 0 Å². The highest BCUT2D eigenvalue weighted by Gasteiger charge is 2.50. The number of rotatable bonds is 5. The molecule has 1 aromatic carbocycles. The third-order valence-electron chi connectivity index (χ3n) is 4.47. The minimum atomic E-state index is -0.780. The Morgan fingerprint density at radius 1 is 1.24 bits per heavy atom. The number of ether oxygens (including phenoxy) is 1. The van der Waals surface area contributed by atoms with Crippen molar-refractivity contribution in [1.29, 1.82) is 0 Å². The second kappa shape index (κ2) is 6.07. The molecule has 3 unspecified atom stereocenters. The molecule has 1 saturated carbocycles. The van der Waals surface area contributed by atoms with E-state index in [1.54, 1.807) is 0 Å². The Morgan fingerprint density at radius 3 is 2.76 bits per heavy atom. The lowest BCUT2D eigenvalue weighted by atomic mass is 9.95. The molecule has 1 N–H and O–H groups in total. The van der Waals surface area contributed by atoms with Crippen molar-refractivity contribution in [3.8, 4) is 5.75 Å². The van der Waals surface area contributed by atoms with Crippen LogP contribution in [0.5, 0.6) is 5.75 Å². The summed E-state index contributed by atoms with van der Waals surface area (Å²) in [6.07, 6.45) is 12.3. The second-order valence-corrected chi connectivity index (χ2v) is 6.40. The highest BCUT2D eigenvalue weighted by Crippen LogP contribution is 2.43. The summed E-state index contributed by atoms with van der Waals surface area (Å²) in [6, 6.07) is 9.86. The lowest BCUT2D eigenvalue weighted by Crippen LogP contribution is -2.27. The number of benzene rings is 1. The third kappa shape index (κ3) is 3.76. The highest BCUT2D eigenvalue weighted by molar-refractivity contribution is 5.26. The first-order chi connectivity index (χ1) is 10.1. The molecule has 2 nitrogen and oxygen atoms in total. The van der Waals surface area contributed by atoms with Gasteiger partial charge in [0.1, 0.15) is 11.9 Å². The summed E-state index contributed by atoms with van der Waals surface area (Å²) in [5.41, 5.74) is 0.584. The monoisotopic (exact) mass is 284 g/mol. The lowest BCUT2D eigenvalue weighted by molar-refractivity contribution is 0.0708. The molecular weight excluding hydrogens is 260 g/mol. The van der Waals surface area contributed by atoms with Crippen molar-refractivity contribution in [2.45, 2.75) is 50.7 Å². The molecule has 21 heavy (non-hydrogen) atoms.